The highest BCUT2D eigenvalue weighted by atomic mass is 127. The van der Waals surface area contributed by atoms with Crippen molar-refractivity contribution in [3.63, 3.8) is 0 Å². The fraction of sp³-hybridized carbons (Fsp3) is 0.167. The Labute approximate surface area is 146 Å². The van der Waals surface area contributed by atoms with Crippen molar-refractivity contribution < 1.29 is 14.6 Å². The van der Waals surface area contributed by atoms with Gasteiger partial charge in [0, 0.05) is 11.1 Å². The first-order valence-corrected chi connectivity index (χ1v) is 8.36. The molecule has 0 aliphatic carbocycles. The van der Waals surface area contributed by atoms with E-state index in [1.54, 1.807) is 24.3 Å². The fourth-order valence-electron chi connectivity index (χ4n) is 2.58. The molecule has 0 aliphatic heterocycles. The minimum Gasteiger partial charge on any atom is -0.508 e. The van der Waals surface area contributed by atoms with Crippen LogP contribution in [0.3, 0.4) is 0 Å². The summed E-state index contributed by atoms with van der Waals surface area (Å²) in [7, 11) is 0. The third-order valence-electron chi connectivity index (χ3n) is 3.68. The van der Waals surface area contributed by atoms with E-state index < -0.39 is 0 Å². The summed E-state index contributed by atoms with van der Waals surface area (Å²) >= 11 is 2.04. The van der Waals surface area contributed by atoms with Crippen LogP contribution in [0.1, 0.15) is 18.9 Å². The quantitative estimate of drug-likeness (QED) is 0.613. The van der Waals surface area contributed by atoms with Crippen molar-refractivity contribution in [1.82, 2.24) is 0 Å². The Hall–Kier alpha value is -2.02. The first kappa shape index (κ1) is 15.9. The van der Waals surface area contributed by atoms with Gasteiger partial charge in [-0.3, -0.25) is 4.79 Å². The second-order valence-electron chi connectivity index (χ2n) is 5.34. The molecular weight excluding hydrogens is 407 g/mol. The van der Waals surface area contributed by atoms with Crippen LogP contribution in [0.2, 0.25) is 0 Å². The molecule has 118 valence electrons. The molecule has 0 radical (unpaired) electrons. The van der Waals surface area contributed by atoms with Crippen molar-refractivity contribution in [2.75, 3.05) is 0 Å². The van der Waals surface area contributed by atoms with Gasteiger partial charge in [0.05, 0.1) is 8.96 Å². The van der Waals surface area contributed by atoms with Gasteiger partial charge in [0.1, 0.15) is 22.8 Å². The predicted octanol–water partition coefficient (Wildman–Crippen LogP) is 4.43. The van der Waals surface area contributed by atoms with Crippen molar-refractivity contribution in [1.29, 1.82) is 0 Å². The standard InChI is InChI=1S/C18H15IO4/c1-2-3-12-17(22)13-9-11(20)5-7-16(13)23-18(12)10-4-6-15(21)14(19)8-10/h4-9,20-21H,2-3H2,1H3. The van der Waals surface area contributed by atoms with Crippen molar-refractivity contribution in [2.24, 2.45) is 0 Å². The summed E-state index contributed by atoms with van der Waals surface area (Å²) < 4.78 is 6.66. The van der Waals surface area contributed by atoms with Gasteiger partial charge in [-0.1, -0.05) is 13.3 Å². The van der Waals surface area contributed by atoms with Crippen LogP contribution in [0.5, 0.6) is 11.5 Å². The minimum atomic E-state index is -0.123. The molecule has 3 aromatic rings. The molecule has 0 amide bonds. The Kier molecular flexibility index (Phi) is 4.30. The summed E-state index contributed by atoms with van der Waals surface area (Å²) in [6, 6.07) is 9.64. The number of hydrogen-bond donors (Lipinski definition) is 2. The molecule has 2 N–H and O–H groups in total. The predicted molar refractivity (Wildman–Crippen MR) is 98.0 cm³/mol. The average molecular weight is 422 g/mol. The van der Waals surface area contributed by atoms with Crippen LogP contribution in [0.25, 0.3) is 22.3 Å². The maximum atomic E-state index is 12.8. The van der Waals surface area contributed by atoms with Crippen molar-refractivity contribution in [2.45, 2.75) is 19.8 Å². The van der Waals surface area contributed by atoms with Gasteiger partial charge in [0.2, 0.25) is 0 Å². The monoisotopic (exact) mass is 422 g/mol. The van der Waals surface area contributed by atoms with Gasteiger partial charge in [0.15, 0.2) is 5.43 Å². The molecule has 0 saturated carbocycles. The number of halogens is 1. The fourth-order valence-corrected chi connectivity index (χ4v) is 3.10. The summed E-state index contributed by atoms with van der Waals surface area (Å²) in [6.45, 7) is 2.00. The van der Waals surface area contributed by atoms with Gasteiger partial charge in [-0.2, -0.15) is 0 Å². The van der Waals surface area contributed by atoms with Crippen LogP contribution >= 0.6 is 22.6 Å². The number of rotatable bonds is 3. The minimum absolute atomic E-state index is 0.0409. The second-order valence-corrected chi connectivity index (χ2v) is 6.50. The third-order valence-corrected chi connectivity index (χ3v) is 4.54. The van der Waals surface area contributed by atoms with Crippen LogP contribution in [0, 0.1) is 3.57 Å². The van der Waals surface area contributed by atoms with Gasteiger partial charge in [-0.15, -0.1) is 0 Å². The molecular formula is C18H15IO4. The van der Waals surface area contributed by atoms with Crippen LogP contribution < -0.4 is 5.43 Å². The summed E-state index contributed by atoms with van der Waals surface area (Å²) in [4.78, 5) is 12.8. The molecule has 1 aromatic heterocycles. The number of phenolic OH excluding ortho intramolecular Hbond substituents is 2. The molecule has 0 saturated heterocycles. The molecule has 1 heterocycles. The Morgan fingerprint density at radius 1 is 1.13 bits per heavy atom. The summed E-state index contributed by atoms with van der Waals surface area (Å²) in [5.74, 6) is 0.756. The van der Waals surface area contributed by atoms with Crippen LogP contribution in [-0.4, -0.2) is 10.2 Å². The third kappa shape index (κ3) is 2.93. The van der Waals surface area contributed by atoms with E-state index in [0.717, 1.165) is 12.0 Å². The highest BCUT2D eigenvalue weighted by Crippen LogP contribution is 2.31. The maximum Gasteiger partial charge on any atom is 0.196 e. The van der Waals surface area contributed by atoms with E-state index in [2.05, 4.69) is 0 Å². The SMILES string of the molecule is CCCc1c(-c2ccc(O)c(I)c2)oc2ccc(O)cc2c1=O. The molecule has 23 heavy (non-hydrogen) atoms. The number of aromatic hydroxyl groups is 2. The highest BCUT2D eigenvalue weighted by Gasteiger charge is 2.16. The smallest absolute Gasteiger partial charge is 0.196 e. The van der Waals surface area contributed by atoms with E-state index in [0.29, 0.717) is 32.3 Å². The zero-order chi connectivity index (χ0) is 16.6. The van der Waals surface area contributed by atoms with Crippen molar-refractivity contribution >= 4 is 33.6 Å². The zero-order valence-corrected chi connectivity index (χ0v) is 14.6. The number of phenols is 2. The van der Waals surface area contributed by atoms with Gasteiger partial charge >= 0.3 is 0 Å². The molecule has 4 nitrogen and oxygen atoms in total. The Balaban J connectivity index is 2.34. The largest absolute Gasteiger partial charge is 0.508 e. The molecule has 0 spiro atoms. The van der Waals surface area contributed by atoms with Crippen LogP contribution in [0.4, 0.5) is 0 Å². The lowest BCUT2D eigenvalue weighted by Crippen LogP contribution is -2.11. The number of benzene rings is 2. The average Bonchev–Trinajstić information content (AvgIpc) is 2.53. The van der Waals surface area contributed by atoms with Gasteiger partial charge < -0.3 is 14.6 Å². The molecule has 0 bridgehead atoms. The van der Waals surface area contributed by atoms with E-state index >= 15 is 0 Å². The van der Waals surface area contributed by atoms with E-state index in [9.17, 15) is 15.0 Å². The Morgan fingerprint density at radius 2 is 1.91 bits per heavy atom. The molecule has 0 atom stereocenters. The highest BCUT2D eigenvalue weighted by molar-refractivity contribution is 14.1. The van der Waals surface area contributed by atoms with E-state index in [1.807, 2.05) is 29.5 Å². The molecule has 0 aliphatic rings. The Morgan fingerprint density at radius 3 is 2.61 bits per heavy atom. The lowest BCUT2D eigenvalue weighted by molar-refractivity contribution is 0.471. The topological polar surface area (TPSA) is 70.7 Å². The van der Waals surface area contributed by atoms with Gasteiger partial charge in [-0.25, -0.2) is 0 Å². The van der Waals surface area contributed by atoms with E-state index in [1.165, 1.54) is 12.1 Å². The zero-order valence-electron chi connectivity index (χ0n) is 12.5. The number of hydrogen-bond acceptors (Lipinski definition) is 4. The van der Waals surface area contributed by atoms with Crippen LogP contribution in [0.15, 0.2) is 45.6 Å². The summed E-state index contributed by atoms with van der Waals surface area (Å²) in [5.41, 5.74) is 1.66. The normalized spacial score (nSPS) is 11.0. The van der Waals surface area contributed by atoms with Crippen LogP contribution in [-0.2, 0) is 6.42 Å². The molecule has 3 rings (SSSR count). The van der Waals surface area contributed by atoms with E-state index in [-0.39, 0.29) is 16.9 Å². The van der Waals surface area contributed by atoms with Gasteiger partial charge in [-0.05, 0) is 65.4 Å². The Bertz CT molecular complexity index is 944. The molecule has 5 heteroatoms. The molecule has 0 unspecified atom stereocenters. The molecule has 0 fully saturated rings. The lowest BCUT2D eigenvalue weighted by Gasteiger charge is -2.10. The first-order chi connectivity index (χ1) is 11.0. The van der Waals surface area contributed by atoms with Crippen molar-refractivity contribution in [3.8, 4) is 22.8 Å². The second kappa shape index (κ2) is 6.23. The first-order valence-electron chi connectivity index (χ1n) is 7.29. The van der Waals surface area contributed by atoms with Gasteiger partial charge in [0.25, 0.3) is 0 Å². The number of fused-ring (bicyclic) bond motifs is 1. The maximum absolute atomic E-state index is 12.8. The summed E-state index contributed by atoms with van der Waals surface area (Å²) in [5, 5.41) is 19.7. The lowest BCUT2D eigenvalue weighted by atomic mass is 10.0. The summed E-state index contributed by atoms with van der Waals surface area (Å²) in [6.07, 6.45) is 1.39. The molecule has 2 aromatic carbocycles. The van der Waals surface area contributed by atoms with E-state index in [4.69, 9.17) is 4.42 Å². The van der Waals surface area contributed by atoms with Crippen molar-refractivity contribution in [3.05, 3.63) is 55.8 Å².